The van der Waals surface area contributed by atoms with Crippen LogP contribution in [0.5, 0.6) is 0 Å². The van der Waals surface area contributed by atoms with Gasteiger partial charge in [0.1, 0.15) is 10.7 Å². The molecular formula is C7H3Cl2F2NO2. The van der Waals surface area contributed by atoms with Crippen molar-refractivity contribution in [2.75, 3.05) is 0 Å². The molecule has 0 fully saturated rings. The maximum Gasteiger partial charge on any atom is 0.269 e. The molecule has 1 heterocycles. The fourth-order valence-corrected chi connectivity index (χ4v) is 1.18. The zero-order valence-electron chi connectivity index (χ0n) is 6.48. The van der Waals surface area contributed by atoms with Crippen LogP contribution in [-0.4, -0.2) is 10.2 Å². The Balaban J connectivity index is 3.47. The van der Waals surface area contributed by atoms with E-state index in [1.165, 1.54) is 0 Å². The fourth-order valence-electron chi connectivity index (χ4n) is 0.854. The van der Waals surface area contributed by atoms with Crippen LogP contribution in [0.3, 0.4) is 0 Å². The molecule has 3 nitrogen and oxygen atoms in total. The largest absolute Gasteiger partial charge is 0.317 e. The monoisotopic (exact) mass is 241 g/mol. The third-order valence-electron chi connectivity index (χ3n) is 1.46. The number of carbonyl (C=O) groups excluding carboxylic acids is 1. The number of halogens is 4. The molecule has 7 heteroatoms. The highest BCUT2D eigenvalue weighted by atomic mass is 35.5. The van der Waals surface area contributed by atoms with Crippen LogP contribution in [0, 0.1) is 0 Å². The summed E-state index contributed by atoms with van der Waals surface area (Å²) in [5.74, 6) is 0. The van der Waals surface area contributed by atoms with Crippen molar-refractivity contribution < 1.29 is 13.6 Å². The van der Waals surface area contributed by atoms with E-state index in [9.17, 15) is 18.4 Å². The molecule has 0 aliphatic rings. The van der Waals surface area contributed by atoms with Crippen LogP contribution in [-0.2, 0) is 0 Å². The molecule has 0 radical (unpaired) electrons. The van der Waals surface area contributed by atoms with E-state index in [0.717, 1.165) is 6.07 Å². The average molecular weight is 242 g/mol. The highest BCUT2D eigenvalue weighted by Gasteiger charge is 2.19. The van der Waals surface area contributed by atoms with Crippen molar-refractivity contribution in [3.63, 3.8) is 0 Å². The first-order valence-electron chi connectivity index (χ1n) is 3.34. The van der Waals surface area contributed by atoms with Crippen molar-refractivity contribution >= 4 is 28.4 Å². The van der Waals surface area contributed by atoms with E-state index in [1.54, 1.807) is 0 Å². The van der Waals surface area contributed by atoms with Gasteiger partial charge in [-0.05, 0) is 17.7 Å². The van der Waals surface area contributed by atoms with Gasteiger partial charge in [0, 0.05) is 5.56 Å². The zero-order valence-corrected chi connectivity index (χ0v) is 7.99. The number of pyridine rings is 1. The molecule has 1 N–H and O–H groups in total. The maximum atomic E-state index is 12.3. The Morgan fingerprint density at radius 1 is 1.50 bits per heavy atom. The second-order valence-electron chi connectivity index (χ2n) is 2.35. The van der Waals surface area contributed by atoms with Crippen molar-refractivity contribution in [2.45, 2.75) is 6.43 Å². The van der Waals surface area contributed by atoms with Crippen LogP contribution in [0.25, 0.3) is 0 Å². The molecule has 0 aliphatic heterocycles. The molecule has 0 aromatic carbocycles. The molecule has 1 aromatic rings. The SMILES string of the molecule is O=C(Cl)c1[nH]c(=O)c(Cl)cc1C(F)F. The Labute approximate surface area is 86.6 Å². The lowest BCUT2D eigenvalue weighted by atomic mass is 10.2. The van der Waals surface area contributed by atoms with Crippen LogP contribution in [0.4, 0.5) is 8.78 Å². The number of aromatic nitrogens is 1. The third-order valence-corrected chi connectivity index (χ3v) is 1.93. The predicted octanol–water partition coefficient (Wildman–Crippen LogP) is 2.34. The van der Waals surface area contributed by atoms with Gasteiger partial charge in [0.25, 0.3) is 17.2 Å². The van der Waals surface area contributed by atoms with Crippen LogP contribution >= 0.6 is 23.2 Å². The highest BCUT2D eigenvalue weighted by molar-refractivity contribution is 6.67. The lowest BCUT2D eigenvalue weighted by molar-refractivity contribution is 0.106. The summed E-state index contributed by atoms with van der Waals surface area (Å²) in [6.07, 6.45) is -2.93. The maximum absolute atomic E-state index is 12.3. The first-order chi connectivity index (χ1) is 6.43. The Bertz CT molecular complexity index is 430. The van der Waals surface area contributed by atoms with Crippen molar-refractivity contribution in [1.82, 2.24) is 4.98 Å². The summed E-state index contributed by atoms with van der Waals surface area (Å²) in [7, 11) is 0. The van der Waals surface area contributed by atoms with Gasteiger partial charge in [0.2, 0.25) is 0 Å². The number of hydrogen-bond acceptors (Lipinski definition) is 2. The standard InChI is InChI=1S/C7H3Cl2F2NO2/c8-3-1-2(6(10)11)4(5(9)13)12-7(3)14/h1,6H,(H,12,14). The molecule has 0 atom stereocenters. The van der Waals surface area contributed by atoms with E-state index in [0.29, 0.717) is 0 Å². The van der Waals surface area contributed by atoms with Gasteiger partial charge in [0.05, 0.1) is 0 Å². The van der Waals surface area contributed by atoms with Crippen LogP contribution in [0.1, 0.15) is 22.5 Å². The van der Waals surface area contributed by atoms with Crippen LogP contribution in [0.15, 0.2) is 10.9 Å². The lowest BCUT2D eigenvalue weighted by Crippen LogP contribution is -2.14. The number of alkyl halides is 2. The van der Waals surface area contributed by atoms with Gasteiger partial charge in [-0.25, -0.2) is 8.78 Å². The Kier molecular flexibility index (Phi) is 3.23. The molecule has 0 unspecified atom stereocenters. The summed E-state index contributed by atoms with van der Waals surface area (Å²) in [6.45, 7) is 0. The summed E-state index contributed by atoms with van der Waals surface area (Å²) < 4.78 is 24.6. The minimum Gasteiger partial charge on any atom is -0.317 e. The van der Waals surface area contributed by atoms with Gasteiger partial charge in [-0.2, -0.15) is 0 Å². The lowest BCUT2D eigenvalue weighted by Gasteiger charge is -2.04. The second kappa shape index (κ2) is 4.06. The van der Waals surface area contributed by atoms with Crippen molar-refractivity contribution in [1.29, 1.82) is 0 Å². The van der Waals surface area contributed by atoms with E-state index >= 15 is 0 Å². The first kappa shape index (κ1) is 11.1. The fraction of sp³-hybridized carbons (Fsp3) is 0.143. The molecular weight excluding hydrogens is 239 g/mol. The van der Waals surface area contributed by atoms with Crippen LogP contribution < -0.4 is 5.56 Å². The highest BCUT2D eigenvalue weighted by Crippen LogP contribution is 2.23. The van der Waals surface area contributed by atoms with E-state index < -0.39 is 33.5 Å². The van der Waals surface area contributed by atoms with Gasteiger partial charge >= 0.3 is 0 Å². The second-order valence-corrected chi connectivity index (χ2v) is 3.10. The molecule has 0 amide bonds. The zero-order chi connectivity index (χ0) is 10.9. The number of hydrogen-bond donors (Lipinski definition) is 1. The molecule has 0 bridgehead atoms. The smallest absolute Gasteiger partial charge is 0.269 e. The van der Waals surface area contributed by atoms with Crippen molar-refractivity contribution in [3.8, 4) is 0 Å². The molecule has 0 saturated heterocycles. The average Bonchev–Trinajstić information content (AvgIpc) is 2.08. The molecule has 0 aliphatic carbocycles. The van der Waals surface area contributed by atoms with E-state index in [4.69, 9.17) is 23.2 Å². The number of rotatable bonds is 2. The molecule has 0 saturated carbocycles. The Morgan fingerprint density at radius 2 is 2.07 bits per heavy atom. The molecule has 1 rings (SSSR count). The van der Waals surface area contributed by atoms with Gasteiger partial charge in [0.15, 0.2) is 0 Å². The van der Waals surface area contributed by atoms with Gasteiger partial charge in [-0.1, -0.05) is 11.6 Å². The Hall–Kier alpha value is -0.940. The molecule has 14 heavy (non-hydrogen) atoms. The van der Waals surface area contributed by atoms with Gasteiger partial charge in [-0.3, -0.25) is 9.59 Å². The first-order valence-corrected chi connectivity index (χ1v) is 4.09. The van der Waals surface area contributed by atoms with Crippen molar-refractivity contribution in [2.24, 2.45) is 0 Å². The minimum atomic E-state index is -2.93. The van der Waals surface area contributed by atoms with E-state index in [1.807, 2.05) is 4.98 Å². The quantitative estimate of drug-likeness (QED) is 0.809. The molecule has 1 aromatic heterocycles. The summed E-state index contributed by atoms with van der Waals surface area (Å²) in [4.78, 5) is 23.4. The van der Waals surface area contributed by atoms with E-state index in [-0.39, 0.29) is 0 Å². The predicted molar refractivity (Wildman–Crippen MR) is 47.2 cm³/mol. The topological polar surface area (TPSA) is 49.9 Å². The summed E-state index contributed by atoms with van der Waals surface area (Å²) in [6, 6.07) is 0.723. The number of H-pyrrole nitrogens is 1. The Morgan fingerprint density at radius 3 is 2.50 bits per heavy atom. The summed E-state index contributed by atoms with van der Waals surface area (Å²) >= 11 is 10.3. The van der Waals surface area contributed by atoms with Gasteiger partial charge in [-0.15, -0.1) is 0 Å². The van der Waals surface area contributed by atoms with Gasteiger partial charge < -0.3 is 4.98 Å². The third kappa shape index (κ3) is 2.10. The molecule has 0 spiro atoms. The summed E-state index contributed by atoms with van der Waals surface area (Å²) in [5.41, 5.74) is -2.15. The minimum absolute atomic E-state index is 0.415. The van der Waals surface area contributed by atoms with Crippen molar-refractivity contribution in [3.05, 3.63) is 32.7 Å². The number of nitrogens with one attached hydrogen (secondary N) is 1. The van der Waals surface area contributed by atoms with E-state index in [2.05, 4.69) is 0 Å². The number of aromatic amines is 1. The van der Waals surface area contributed by atoms with Crippen LogP contribution in [0.2, 0.25) is 5.02 Å². The normalized spacial score (nSPS) is 10.6. The summed E-state index contributed by atoms with van der Waals surface area (Å²) in [5, 5.41) is -1.57. The molecule has 76 valence electrons. The number of carbonyl (C=O) groups is 1.